The Labute approximate surface area is 202 Å². The van der Waals surface area contributed by atoms with Gasteiger partial charge in [0.2, 0.25) is 17.3 Å². The molecule has 3 aromatic carbocycles. The van der Waals surface area contributed by atoms with Crippen LogP contribution in [-0.4, -0.2) is 29.4 Å². The number of nitrogens with one attached hydrogen (secondary N) is 1. The molecule has 1 N–H and O–H groups in total. The molecule has 8 heteroatoms. The van der Waals surface area contributed by atoms with Gasteiger partial charge in [-0.25, -0.2) is 0 Å². The Hall–Kier alpha value is -3.78. The van der Waals surface area contributed by atoms with Crippen LogP contribution in [0.15, 0.2) is 71.9 Å². The second kappa shape index (κ2) is 9.61. The standard InChI is InChI=1S/C26H24N4O3S/c1-16-8-10-17(11-9-16)15-34-26-28-25-23(29-30-26)19-6-4-5-7-21(19)27-24(33-25)20-14-18(31-2)12-13-22(20)32-3/h4-14,24,27H,15H2,1-3H3. The lowest BCUT2D eigenvalue weighted by molar-refractivity contribution is 0.219. The molecule has 0 aliphatic carbocycles. The monoisotopic (exact) mass is 472 g/mol. The first-order valence-electron chi connectivity index (χ1n) is 10.8. The molecule has 1 unspecified atom stereocenters. The zero-order chi connectivity index (χ0) is 23.5. The minimum absolute atomic E-state index is 0.411. The molecule has 0 amide bonds. The predicted octanol–water partition coefficient (Wildman–Crippen LogP) is 5.66. The molecule has 0 radical (unpaired) electrons. The van der Waals surface area contributed by atoms with Gasteiger partial charge in [-0.2, -0.15) is 4.98 Å². The molecule has 0 spiro atoms. The van der Waals surface area contributed by atoms with Gasteiger partial charge in [-0.15, -0.1) is 10.2 Å². The first-order chi connectivity index (χ1) is 16.6. The second-order valence-electron chi connectivity index (χ2n) is 7.82. The van der Waals surface area contributed by atoms with Crippen LogP contribution in [0.2, 0.25) is 0 Å². The summed E-state index contributed by atoms with van der Waals surface area (Å²) in [6, 6.07) is 21.9. The van der Waals surface area contributed by atoms with Crippen LogP contribution in [0.25, 0.3) is 11.3 Å². The fourth-order valence-electron chi connectivity index (χ4n) is 3.73. The Morgan fingerprint density at radius 2 is 1.79 bits per heavy atom. The second-order valence-corrected chi connectivity index (χ2v) is 8.76. The molecule has 2 heterocycles. The fourth-order valence-corrected chi connectivity index (χ4v) is 4.46. The maximum atomic E-state index is 6.40. The quantitative estimate of drug-likeness (QED) is 0.360. The summed E-state index contributed by atoms with van der Waals surface area (Å²) in [5, 5.41) is 12.9. The number of hydrogen-bond acceptors (Lipinski definition) is 8. The highest BCUT2D eigenvalue weighted by molar-refractivity contribution is 7.98. The zero-order valence-electron chi connectivity index (χ0n) is 19.1. The average Bonchev–Trinajstić information content (AvgIpc) is 3.04. The van der Waals surface area contributed by atoms with Crippen molar-refractivity contribution >= 4 is 17.4 Å². The number of anilines is 1. The number of aromatic nitrogens is 3. The summed E-state index contributed by atoms with van der Waals surface area (Å²) in [4.78, 5) is 4.73. The van der Waals surface area contributed by atoms with Gasteiger partial charge >= 0.3 is 0 Å². The molecule has 34 heavy (non-hydrogen) atoms. The van der Waals surface area contributed by atoms with Crippen LogP contribution in [0.5, 0.6) is 17.4 Å². The van der Waals surface area contributed by atoms with Crippen LogP contribution >= 0.6 is 11.8 Å². The molecule has 7 nitrogen and oxygen atoms in total. The van der Waals surface area contributed by atoms with Crippen molar-refractivity contribution in [2.45, 2.75) is 24.1 Å². The third-order valence-corrected chi connectivity index (χ3v) is 6.45. The number of rotatable bonds is 6. The van der Waals surface area contributed by atoms with Gasteiger partial charge in [0.1, 0.15) is 11.5 Å². The van der Waals surface area contributed by atoms with Crippen molar-refractivity contribution in [3.63, 3.8) is 0 Å². The van der Waals surface area contributed by atoms with E-state index >= 15 is 0 Å². The highest BCUT2D eigenvalue weighted by Gasteiger charge is 2.28. The first kappa shape index (κ1) is 22.0. The van der Waals surface area contributed by atoms with E-state index in [2.05, 4.69) is 46.7 Å². The van der Waals surface area contributed by atoms with Crippen molar-refractivity contribution in [3.8, 4) is 28.6 Å². The average molecular weight is 473 g/mol. The number of benzene rings is 3. The Bertz CT molecular complexity index is 1310. The largest absolute Gasteiger partial charge is 0.497 e. The van der Waals surface area contributed by atoms with Gasteiger partial charge in [0.15, 0.2) is 5.69 Å². The topological polar surface area (TPSA) is 78.4 Å². The van der Waals surface area contributed by atoms with E-state index in [0.717, 1.165) is 22.6 Å². The Morgan fingerprint density at radius 1 is 0.971 bits per heavy atom. The Kier molecular flexibility index (Phi) is 6.22. The molecule has 1 aromatic heterocycles. The van der Waals surface area contributed by atoms with Gasteiger partial charge < -0.3 is 19.5 Å². The minimum atomic E-state index is -0.570. The van der Waals surface area contributed by atoms with Crippen LogP contribution < -0.4 is 19.5 Å². The Balaban J connectivity index is 1.51. The van der Waals surface area contributed by atoms with Crippen molar-refractivity contribution in [2.24, 2.45) is 0 Å². The van der Waals surface area contributed by atoms with E-state index < -0.39 is 6.23 Å². The molecular weight excluding hydrogens is 448 g/mol. The summed E-state index contributed by atoms with van der Waals surface area (Å²) in [6.07, 6.45) is -0.570. The van der Waals surface area contributed by atoms with E-state index in [1.807, 2.05) is 42.5 Å². The summed E-state index contributed by atoms with van der Waals surface area (Å²) in [7, 11) is 3.26. The smallest absolute Gasteiger partial charge is 0.247 e. The number of thioether (sulfide) groups is 1. The summed E-state index contributed by atoms with van der Waals surface area (Å²) >= 11 is 1.52. The molecule has 5 rings (SSSR count). The van der Waals surface area contributed by atoms with E-state index in [1.165, 1.54) is 22.9 Å². The predicted molar refractivity (Wildman–Crippen MR) is 133 cm³/mol. The third kappa shape index (κ3) is 4.49. The van der Waals surface area contributed by atoms with E-state index in [4.69, 9.17) is 19.2 Å². The zero-order valence-corrected chi connectivity index (χ0v) is 19.9. The molecule has 0 saturated heterocycles. The lowest BCUT2D eigenvalue weighted by Gasteiger charge is -2.21. The van der Waals surface area contributed by atoms with E-state index in [1.54, 1.807) is 14.2 Å². The van der Waals surface area contributed by atoms with Crippen LogP contribution in [0.4, 0.5) is 5.69 Å². The van der Waals surface area contributed by atoms with Gasteiger partial charge in [0.05, 0.1) is 19.8 Å². The van der Waals surface area contributed by atoms with Gasteiger partial charge in [-0.05, 0) is 36.8 Å². The molecule has 172 valence electrons. The van der Waals surface area contributed by atoms with Crippen LogP contribution in [-0.2, 0) is 5.75 Å². The lowest BCUT2D eigenvalue weighted by atomic mass is 10.1. The highest BCUT2D eigenvalue weighted by atomic mass is 32.2. The fraction of sp³-hybridized carbons (Fsp3) is 0.192. The maximum absolute atomic E-state index is 6.40. The SMILES string of the molecule is COc1ccc(OC)c(C2Nc3ccccc3-c3nnc(SCc4ccc(C)cc4)nc3O2)c1. The molecule has 1 atom stereocenters. The van der Waals surface area contributed by atoms with Gasteiger partial charge in [-0.3, -0.25) is 0 Å². The van der Waals surface area contributed by atoms with Crippen molar-refractivity contribution in [1.29, 1.82) is 0 Å². The van der Waals surface area contributed by atoms with E-state index in [9.17, 15) is 0 Å². The van der Waals surface area contributed by atoms with Crippen molar-refractivity contribution < 1.29 is 14.2 Å². The van der Waals surface area contributed by atoms with Gasteiger partial charge in [0, 0.05) is 17.0 Å². The summed E-state index contributed by atoms with van der Waals surface area (Å²) in [5.41, 5.74) is 5.55. The summed E-state index contributed by atoms with van der Waals surface area (Å²) in [5.74, 6) is 2.53. The number of nitrogens with zero attached hydrogens (tertiary/aromatic N) is 3. The number of hydrogen-bond donors (Lipinski definition) is 1. The van der Waals surface area contributed by atoms with Crippen molar-refractivity contribution in [2.75, 3.05) is 19.5 Å². The van der Waals surface area contributed by atoms with Crippen LogP contribution in [0, 0.1) is 6.92 Å². The number of ether oxygens (including phenoxy) is 3. The molecule has 0 bridgehead atoms. The van der Waals surface area contributed by atoms with Gasteiger partial charge in [-0.1, -0.05) is 59.8 Å². The number of fused-ring (bicyclic) bond motifs is 3. The van der Waals surface area contributed by atoms with Gasteiger partial charge in [0.25, 0.3) is 0 Å². The number of methoxy groups -OCH3 is 2. The maximum Gasteiger partial charge on any atom is 0.247 e. The third-order valence-electron chi connectivity index (χ3n) is 5.54. The van der Waals surface area contributed by atoms with Crippen molar-refractivity contribution in [1.82, 2.24) is 15.2 Å². The Morgan fingerprint density at radius 3 is 2.59 bits per heavy atom. The molecule has 1 aliphatic heterocycles. The molecular formula is C26H24N4O3S. The van der Waals surface area contributed by atoms with Crippen LogP contribution in [0.1, 0.15) is 22.9 Å². The first-order valence-corrected chi connectivity index (χ1v) is 11.8. The van der Waals surface area contributed by atoms with Crippen LogP contribution in [0.3, 0.4) is 0 Å². The number of para-hydroxylation sites is 1. The minimum Gasteiger partial charge on any atom is -0.497 e. The summed E-state index contributed by atoms with van der Waals surface area (Å²) < 4.78 is 17.4. The van der Waals surface area contributed by atoms with E-state index in [0.29, 0.717) is 28.2 Å². The summed E-state index contributed by atoms with van der Waals surface area (Å²) in [6.45, 7) is 2.08. The van der Waals surface area contributed by atoms with E-state index in [-0.39, 0.29) is 0 Å². The highest BCUT2D eigenvalue weighted by Crippen LogP contribution is 2.41. The number of aryl methyl sites for hydroxylation is 1. The molecule has 0 fully saturated rings. The van der Waals surface area contributed by atoms with Crippen molar-refractivity contribution in [3.05, 3.63) is 83.4 Å². The molecule has 1 aliphatic rings. The normalized spacial score (nSPS) is 14.1. The molecule has 4 aromatic rings. The lowest BCUT2D eigenvalue weighted by Crippen LogP contribution is -2.18. The molecule has 0 saturated carbocycles.